The van der Waals surface area contributed by atoms with Crippen LogP contribution in [0.4, 0.5) is 17.1 Å². The lowest BCUT2D eigenvalue weighted by Gasteiger charge is -2.17. The fourth-order valence-corrected chi connectivity index (χ4v) is 12.0. The van der Waals surface area contributed by atoms with E-state index in [-0.39, 0.29) is 42.1 Å². The van der Waals surface area contributed by atoms with E-state index in [0.717, 1.165) is 113 Å². The Morgan fingerprint density at radius 1 is 0.345 bits per heavy atom. The molecule has 0 spiro atoms. The van der Waals surface area contributed by atoms with Crippen LogP contribution in [0, 0.1) is 0 Å². The van der Waals surface area contributed by atoms with Crippen LogP contribution >= 0.6 is 0 Å². The number of rotatable bonds is 35. The van der Waals surface area contributed by atoms with Crippen molar-refractivity contribution < 1.29 is 66.5 Å². The zero-order chi connectivity index (χ0) is 81.6. The summed E-state index contributed by atoms with van der Waals surface area (Å²) in [7, 11) is 24.4. The number of amides is 3. The van der Waals surface area contributed by atoms with Gasteiger partial charge in [0.15, 0.2) is 17.1 Å². The quantitative estimate of drug-likeness (QED) is 0.0166. The second kappa shape index (κ2) is 46.8. The average Bonchev–Trinajstić information content (AvgIpc) is 0.814. The van der Waals surface area contributed by atoms with Crippen molar-refractivity contribution in [2.75, 3.05) is 165 Å². The normalized spacial score (nSPS) is 12.4. The maximum Gasteiger partial charge on any atom is 0.335 e. The first-order valence-corrected chi connectivity index (χ1v) is 38.6. The fraction of sp³-hybridized carbons (Fsp3) is 0.333. The number of nitrogens with zero attached hydrogens (tertiary/aromatic N) is 6. The van der Waals surface area contributed by atoms with Gasteiger partial charge in [-0.25, -0.2) is 18.5 Å². The Morgan fingerprint density at radius 3 is 0.947 bits per heavy atom. The van der Waals surface area contributed by atoms with Gasteiger partial charge in [0.05, 0.1) is 45.2 Å². The van der Waals surface area contributed by atoms with E-state index < -0.39 is 5.97 Å². The molecule has 0 fully saturated rings. The average molecular weight is 1540 g/mol. The van der Waals surface area contributed by atoms with Crippen LogP contribution in [0.1, 0.15) is 103 Å². The fourth-order valence-electron chi connectivity index (χ4n) is 12.0. The molecule has 3 aliphatic carbocycles. The highest BCUT2D eigenvalue weighted by Crippen LogP contribution is 2.35. The van der Waals surface area contributed by atoms with E-state index in [0.29, 0.717) is 91.6 Å². The Hall–Kier alpha value is -11.7. The summed E-state index contributed by atoms with van der Waals surface area (Å²) >= 11 is 0. The van der Waals surface area contributed by atoms with Crippen LogP contribution in [0.3, 0.4) is 0 Å². The molecule has 6 aromatic carbocycles. The van der Waals surface area contributed by atoms with Crippen molar-refractivity contribution in [2.45, 2.75) is 58.8 Å². The van der Waals surface area contributed by atoms with E-state index in [1.165, 1.54) is 5.57 Å². The predicted molar refractivity (Wildman–Crippen MR) is 459 cm³/mol. The predicted octanol–water partition coefficient (Wildman–Crippen LogP) is 13.3. The second-order valence-electron chi connectivity index (χ2n) is 28.2. The number of carbonyl (C=O) groups is 5. The molecule has 113 heavy (non-hydrogen) atoms. The van der Waals surface area contributed by atoms with Crippen molar-refractivity contribution in [2.24, 2.45) is 0 Å². The third kappa shape index (κ3) is 29.5. The van der Waals surface area contributed by atoms with E-state index in [4.69, 9.17) is 23.7 Å². The Labute approximate surface area is 669 Å². The smallest absolute Gasteiger partial charge is 0.335 e. The molecule has 6 aromatic rings. The third-order valence-electron chi connectivity index (χ3n) is 18.3. The first kappa shape index (κ1) is 88.5. The summed E-state index contributed by atoms with van der Waals surface area (Å²) in [6, 6.07) is 48.9. The number of hydrogen-bond donors (Lipinski definition) is 4. The number of nitrogens with one attached hydrogen (secondary N) is 3. The molecule has 9 rings (SSSR count). The highest BCUT2D eigenvalue weighted by molar-refractivity contribution is 6.06. The summed E-state index contributed by atoms with van der Waals surface area (Å²) in [5.41, 5.74) is 20.5. The summed E-state index contributed by atoms with van der Waals surface area (Å²) in [5, 5.41) is 17.5. The number of carboxylic acid groups (broad SMARTS) is 1. The molecule has 0 heterocycles. The zero-order valence-electron chi connectivity index (χ0n) is 68.5. The zero-order valence-corrected chi connectivity index (χ0v) is 68.5. The van der Waals surface area contributed by atoms with Crippen LogP contribution in [-0.2, 0) is 33.4 Å². The summed E-state index contributed by atoms with van der Waals surface area (Å²) in [6.07, 6.45) is 28.6. The number of allylic oxidation sites excluding steroid dienone is 15. The van der Waals surface area contributed by atoms with Crippen molar-refractivity contribution in [3.63, 3.8) is 0 Å². The maximum atomic E-state index is 12.3. The third-order valence-corrected chi connectivity index (χ3v) is 18.3. The minimum absolute atomic E-state index is 0.0803. The number of esters is 1. The molecule has 596 valence electrons. The summed E-state index contributed by atoms with van der Waals surface area (Å²) in [5.74, 6) is -0.124. The molecule has 4 N–H and O–H groups in total. The Bertz CT molecular complexity index is 4490. The lowest BCUT2D eigenvalue weighted by Crippen LogP contribution is -2.35. The minimum Gasteiger partial charge on any atom is -0.494 e. The van der Waals surface area contributed by atoms with Crippen LogP contribution in [0.15, 0.2) is 235 Å². The monoisotopic (exact) mass is 1530 g/mol. The van der Waals surface area contributed by atoms with E-state index in [1.807, 2.05) is 135 Å². The lowest BCUT2D eigenvalue weighted by molar-refractivity contribution is -0.462. The van der Waals surface area contributed by atoms with Gasteiger partial charge in [-0.15, -0.1) is 0 Å². The van der Waals surface area contributed by atoms with Gasteiger partial charge < -0.3 is 59.4 Å². The number of hydrogen-bond acceptors (Lipinski definition) is 13. The highest BCUT2D eigenvalue weighted by Gasteiger charge is 2.19. The van der Waals surface area contributed by atoms with Crippen molar-refractivity contribution in [3.05, 3.63) is 274 Å². The summed E-state index contributed by atoms with van der Waals surface area (Å²) in [4.78, 5) is 65.2. The van der Waals surface area contributed by atoms with Crippen LogP contribution in [0.2, 0.25) is 0 Å². The first-order chi connectivity index (χ1) is 54.4. The molecule has 0 aromatic heterocycles. The standard InChI is InChI=1S/C40H55N5O6.C29H35N2O3.C24H24N2O2/c1-6-26-49-29-30-50-28-25-43-39(48)22-21-38(47)42-24-23-41-37(46)8-7-27-51-36-19-13-33(14-20-36)40(31-9-15-34(16-10-31)44(2)3)32-11-17-35(18-12-32)45(4)5;1-6-33-28(32)8-7-21-34-27-19-13-24(14-20-27)29(22-9-15-25(16-10-22)30(2)3)23-11-17-26(18-12-23)31(4)5;1-25(2)21-13-9-18(10-14-21)23(17-5-7-20(8-6-17)24(27)28)19-11-15-22(16-12-19)26(3)4/h9-20H,6-8,21-30H2,1-5H3,(H2-,41,42,43,46,47,48);9-20H,6-8,21H2,1-5H3;5-16H,1-4H3/q;+1;/p+2. The molecule has 0 radical (unpaired) electrons. The number of carboxylic acids is 1. The minimum atomic E-state index is -0.918. The largest absolute Gasteiger partial charge is 0.494 e. The van der Waals surface area contributed by atoms with Crippen molar-refractivity contribution in [1.29, 1.82) is 0 Å². The topological polar surface area (TPSA) is 207 Å². The van der Waals surface area contributed by atoms with Gasteiger partial charge in [-0.3, -0.25) is 19.2 Å². The molecular formula is C93H116N9O11+3. The molecule has 0 aliphatic heterocycles. The van der Waals surface area contributed by atoms with E-state index in [2.05, 4.69) is 214 Å². The van der Waals surface area contributed by atoms with Crippen LogP contribution in [-0.4, -0.2) is 216 Å². The molecule has 0 saturated heterocycles. The Morgan fingerprint density at radius 2 is 0.637 bits per heavy atom. The van der Waals surface area contributed by atoms with Crippen molar-refractivity contribution in [1.82, 2.24) is 16.0 Å². The molecule has 20 nitrogen and oxygen atoms in total. The van der Waals surface area contributed by atoms with Crippen LogP contribution < -0.4 is 40.1 Å². The van der Waals surface area contributed by atoms with Crippen LogP contribution in [0.25, 0.3) is 16.7 Å². The summed E-state index contributed by atoms with van der Waals surface area (Å²) < 4.78 is 33.7. The molecule has 3 aliphatic rings. The van der Waals surface area contributed by atoms with Gasteiger partial charge in [0.2, 0.25) is 17.7 Å². The molecular weight excluding hydrogens is 1420 g/mol. The van der Waals surface area contributed by atoms with Gasteiger partial charge in [-0.05, 0) is 202 Å². The van der Waals surface area contributed by atoms with E-state index in [9.17, 15) is 29.1 Å². The maximum absolute atomic E-state index is 12.3. The number of benzene rings is 6. The molecule has 0 unspecified atom stereocenters. The molecule has 20 heteroatoms. The van der Waals surface area contributed by atoms with Gasteiger partial charge in [-0.2, -0.15) is 0 Å². The highest BCUT2D eigenvalue weighted by atomic mass is 16.5. The first-order valence-electron chi connectivity index (χ1n) is 38.6. The number of aromatic carboxylic acids is 1. The van der Waals surface area contributed by atoms with Gasteiger partial charge in [-0.1, -0.05) is 79.7 Å². The van der Waals surface area contributed by atoms with E-state index in [1.54, 1.807) is 12.1 Å². The van der Waals surface area contributed by atoms with Crippen molar-refractivity contribution in [3.8, 4) is 11.5 Å². The number of carbonyl (C=O) groups excluding carboxylic acids is 4. The summed E-state index contributed by atoms with van der Waals surface area (Å²) in [6.45, 7) is 8.28. The van der Waals surface area contributed by atoms with Crippen molar-refractivity contribution >= 4 is 80.6 Å². The number of anilines is 3. The molecule has 0 saturated carbocycles. The molecule has 0 atom stereocenters. The SMILES string of the molecule is CCCOCCOCCNC(=O)CCC(=O)NCCNC(=O)CCCOc1ccc(C(=C2C=CC(=[N+](C)C)C=C2)c2ccc(N(C)C)cc2)cc1.CCOC(=O)CCCOc1ccc(C(=C2C=CC(=[N+](C)C)C=C2)c2ccc(N(C)C)cc2)cc1.CN(C)c1ccc(C(=C2C=CC(=[N+](C)C)C=C2)c2ccc(C(=O)O)cc2)cc1. The lowest BCUT2D eigenvalue weighted by atomic mass is 9.90. The van der Waals surface area contributed by atoms with Gasteiger partial charge in [0, 0.05) is 148 Å². The second-order valence-corrected chi connectivity index (χ2v) is 28.2. The van der Waals surface area contributed by atoms with Gasteiger partial charge in [0.1, 0.15) is 53.8 Å². The van der Waals surface area contributed by atoms with Crippen LogP contribution in [0.5, 0.6) is 11.5 Å². The Balaban J connectivity index is 0.000000247. The molecule has 0 bridgehead atoms. The van der Waals surface area contributed by atoms with Gasteiger partial charge in [0.25, 0.3) is 0 Å². The molecule has 3 amide bonds. The van der Waals surface area contributed by atoms with Gasteiger partial charge >= 0.3 is 11.9 Å². The van der Waals surface area contributed by atoms with E-state index >= 15 is 0 Å². The number of ether oxygens (including phenoxy) is 5. The Kier molecular flexibility index (Phi) is 36.7.